The molecule has 3 rings (SSSR count). The number of hydrogen-bond acceptors (Lipinski definition) is 2. The van der Waals surface area contributed by atoms with Crippen LogP contribution in [-0.2, 0) is 11.3 Å². The average Bonchev–Trinajstić information content (AvgIpc) is 3.31. The number of hydrogen-bond donors (Lipinski definition) is 1. The minimum atomic E-state index is 0.0433. The molecule has 1 saturated heterocycles. The lowest BCUT2D eigenvalue weighted by molar-refractivity contribution is -0.134. The van der Waals surface area contributed by atoms with E-state index in [1.807, 2.05) is 6.07 Å². The summed E-state index contributed by atoms with van der Waals surface area (Å²) in [6, 6.07) is 10.9. The van der Waals surface area contributed by atoms with E-state index in [1.165, 1.54) is 37.7 Å². The van der Waals surface area contributed by atoms with Gasteiger partial charge in [0.1, 0.15) is 0 Å². The SMILES string of the molecule is O=C(C1CCCCCN1)N(Cc1ccccc1)C1CC1. The Bertz CT molecular complexity index is 434. The first-order valence-electron chi connectivity index (χ1n) is 7.92. The van der Waals surface area contributed by atoms with E-state index in [4.69, 9.17) is 0 Å². The van der Waals surface area contributed by atoms with E-state index in [1.54, 1.807) is 0 Å². The Morgan fingerprint density at radius 3 is 2.65 bits per heavy atom. The number of nitrogens with one attached hydrogen (secondary N) is 1. The predicted octanol–water partition coefficient (Wildman–Crippen LogP) is 2.71. The highest BCUT2D eigenvalue weighted by Crippen LogP contribution is 2.29. The maximum atomic E-state index is 12.8. The van der Waals surface area contributed by atoms with Gasteiger partial charge in [-0.25, -0.2) is 0 Å². The summed E-state index contributed by atoms with van der Waals surface area (Å²) in [5.41, 5.74) is 1.24. The van der Waals surface area contributed by atoms with Gasteiger partial charge in [0.05, 0.1) is 6.04 Å². The third kappa shape index (κ3) is 3.40. The number of nitrogens with zero attached hydrogens (tertiary/aromatic N) is 1. The molecule has 0 radical (unpaired) electrons. The maximum Gasteiger partial charge on any atom is 0.240 e. The Labute approximate surface area is 121 Å². The van der Waals surface area contributed by atoms with E-state index in [0.29, 0.717) is 11.9 Å². The van der Waals surface area contributed by atoms with Crippen LogP contribution >= 0.6 is 0 Å². The van der Waals surface area contributed by atoms with Crippen molar-refractivity contribution in [3.8, 4) is 0 Å². The van der Waals surface area contributed by atoms with Crippen molar-refractivity contribution < 1.29 is 4.79 Å². The first-order chi connectivity index (χ1) is 9.84. The van der Waals surface area contributed by atoms with Crippen molar-refractivity contribution in [3.05, 3.63) is 35.9 Å². The van der Waals surface area contributed by atoms with Gasteiger partial charge < -0.3 is 10.2 Å². The van der Waals surface area contributed by atoms with Crippen LogP contribution in [0.4, 0.5) is 0 Å². The molecule has 1 N–H and O–H groups in total. The van der Waals surface area contributed by atoms with Crippen LogP contribution in [0.5, 0.6) is 0 Å². The molecule has 3 heteroatoms. The van der Waals surface area contributed by atoms with Crippen molar-refractivity contribution >= 4 is 5.91 Å². The molecule has 2 fully saturated rings. The topological polar surface area (TPSA) is 32.3 Å². The highest BCUT2D eigenvalue weighted by molar-refractivity contribution is 5.82. The molecular formula is C17H24N2O. The fraction of sp³-hybridized carbons (Fsp3) is 0.588. The summed E-state index contributed by atoms with van der Waals surface area (Å²) in [5, 5.41) is 3.44. The van der Waals surface area contributed by atoms with Gasteiger partial charge in [-0.2, -0.15) is 0 Å². The molecule has 1 heterocycles. The molecule has 1 atom stereocenters. The zero-order valence-corrected chi connectivity index (χ0v) is 12.1. The van der Waals surface area contributed by atoms with Gasteiger partial charge in [0.25, 0.3) is 0 Å². The van der Waals surface area contributed by atoms with Gasteiger partial charge in [-0.1, -0.05) is 43.2 Å². The van der Waals surface area contributed by atoms with Crippen molar-refractivity contribution in [2.45, 2.75) is 57.2 Å². The highest BCUT2D eigenvalue weighted by atomic mass is 16.2. The van der Waals surface area contributed by atoms with Crippen LogP contribution < -0.4 is 5.32 Å². The quantitative estimate of drug-likeness (QED) is 0.914. The normalized spacial score (nSPS) is 23.1. The lowest BCUT2D eigenvalue weighted by Gasteiger charge is -2.27. The van der Waals surface area contributed by atoms with Crippen LogP contribution in [0.3, 0.4) is 0 Å². The van der Waals surface area contributed by atoms with Gasteiger partial charge >= 0.3 is 0 Å². The molecule has 2 aliphatic rings. The fourth-order valence-electron chi connectivity index (χ4n) is 2.99. The van der Waals surface area contributed by atoms with Gasteiger partial charge in [0.15, 0.2) is 0 Å². The fourth-order valence-corrected chi connectivity index (χ4v) is 2.99. The predicted molar refractivity (Wildman–Crippen MR) is 80.3 cm³/mol. The van der Waals surface area contributed by atoms with Gasteiger partial charge in [-0.15, -0.1) is 0 Å². The van der Waals surface area contributed by atoms with E-state index in [-0.39, 0.29) is 6.04 Å². The zero-order chi connectivity index (χ0) is 13.8. The number of carbonyl (C=O) groups excluding carboxylic acids is 1. The van der Waals surface area contributed by atoms with E-state index in [2.05, 4.69) is 34.5 Å². The van der Waals surface area contributed by atoms with Crippen LogP contribution in [0, 0.1) is 0 Å². The molecule has 0 spiro atoms. The summed E-state index contributed by atoms with van der Waals surface area (Å²) >= 11 is 0. The lowest BCUT2D eigenvalue weighted by Crippen LogP contribution is -2.46. The number of carbonyl (C=O) groups is 1. The summed E-state index contributed by atoms with van der Waals surface area (Å²) in [6.45, 7) is 1.75. The Hall–Kier alpha value is -1.35. The van der Waals surface area contributed by atoms with Gasteiger partial charge in [-0.3, -0.25) is 4.79 Å². The lowest BCUT2D eigenvalue weighted by atomic mass is 10.1. The van der Waals surface area contributed by atoms with E-state index < -0.39 is 0 Å². The van der Waals surface area contributed by atoms with E-state index in [9.17, 15) is 4.79 Å². The molecule has 1 amide bonds. The van der Waals surface area contributed by atoms with Crippen LogP contribution in [-0.4, -0.2) is 29.4 Å². The molecule has 3 nitrogen and oxygen atoms in total. The second-order valence-corrected chi connectivity index (χ2v) is 6.04. The Morgan fingerprint density at radius 2 is 1.90 bits per heavy atom. The molecule has 1 aromatic carbocycles. The van der Waals surface area contributed by atoms with Crippen molar-refractivity contribution in [2.75, 3.05) is 6.54 Å². The number of amides is 1. The second-order valence-electron chi connectivity index (χ2n) is 6.04. The Morgan fingerprint density at radius 1 is 1.10 bits per heavy atom. The van der Waals surface area contributed by atoms with Crippen molar-refractivity contribution in [1.29, 1.82) is 0 Å². The third-order valence-electron chi connectivity index (χ3n) is 4.32. The minimum Gasteiger partial charge on any atom is -0.334 e. The van der Waals surface area contributed by atoms with E-state index in [0.717, 1.165) is 19.5 Å². The highest BCUT2D eigenvalue weighted by Gasteiger charge is 2.35. The van der Waals surface area contributed by atoms with E-state index >= 15 is 0 Å². The van der Waals surface area contributed by atoms with Crippen LogP contribution in [0.2, 0.25) is 0 Å². The monoisotopic (exact) mass is 272 g/mol. The van der Waals surface area contributed by atoms with Gasteiger partial charge in [0, 0.05) is 12.6 Å². The summed E-state index contributed by atoms with van der Waals surface area (Å²) in [4.78, 5) is 14.9. The summed E-state index contributed by atoms with van der Waals surface area (Å²) in [5.74, 6) is 0.318. The molecule has 1 saturated carbocycles. The van der Waals surface area contributed by atoms with Crippen LogP contribution in [0.25, 0.3) is 0 Å². The smallest absolute Gasteiger partial charge is 0.240 e. The molecule has 0 aromatic heterocycles. The van der Waals surface area contributed by atoms with Gasteiger partial charge in [-0.05, 0) is 37.8 Å². The Balaban J connectivity index is 1.68. The number of benzene rings is 1. The van der Waals surface area contributed by atoms with Crippen molar-refractivity contribution in [3.63, 3.8) is 0 Å². The van der Waals surface area contributed by atoms with Crippen LogP contribution in [0.1, 0.15) is 44.1 Å². The standard InChI is InChI=1S/C17H24N2O/c20-17(16-9-5-2-6-12-18-16)19(15-10-11-15)13-14-7-3-1-4-8-14/h1,3-4,7-8,15-16,18H,2,5-6,9-13H2. The average molecular weight is 272 g/mol. The van der Waals surface area contributed by atoms with Gasteiger partial charge in [0.2, 0.25) is 5.91 Å². The largest absolute Gasteiger partial charge is 0.334 e. The maximum absolute atomic E-state index is 12.8. The molecule has 20 heavy (non-hydrogen) atoms. The first-order valence-corrected chi connectivity index (χ1v) is 7.92. The molecule has 1 aliphatic carbocycles. The third-order valence-corrected chi connectivity index (χ3v) is 4.32. The molecule has 1 unspecified atom stereocenters. The number of rotatable bonds is 4. The summed E-state index contributed by atoms with van der Waals surface area (Å²) in [7, 11) is 0. The van der Waals surface area contributed by atoms with Crippen LogP contribution in [0.15, 0.2) is 30.3 Å². The summed E-state index contributed by atoms with van der Waals surface area (Å²) in [6.07, 6.45) is 6.96. The molecule has 1 aromatic rings. The Kier molecular flexibility index (Phi) is 4.36. The minimum absolute atomic E-state index is 0.0433. The first kappa shape index (κ1) is 13.6. The zero-order valence-electron chi connectivity index (χ0n) is 12.1. The molecular weight excluding hydrogens is 248 g/mol. The molecule has 108 valence electrons. The second kappa shape index (κ2) is 6.40. The summed E-state index contributed by atoms with van der Waals surface area (Å²) < 4.78 is 0. The van der Waals surface area contributed by atoms with Crippen molar-refractivity contribution in [1.82, 2.24) is 10.2 Å². The molecule has 0 bridgehead atoms. The van der Waals surface area contributed by atoms with Crippen molar-refractivity contribution in [2.24, 2.45) is 0 Å². The molecule has 1 aliphatic heterocycles.